The Morgan fingerprint density at radius 1 is 1.00 bits per heavy atom. The highest BCUT2D eigenvalue weighted by molar-refractivity contribution is 5.38. The van der Waals surface area contributed by atoms with Gasteiger partial charge >= 0.3 is 0 Å². The van der Waals surface area contributed by atoms with E-state index in [4.69, 9.17) is 0 Å². The fourth-order valence-corrected chi connectivity index (χ4v) is 2.85. The van der Waals surface area contributed by atoms with Gasteiger partial charge in [-0.25, -0.2) is 0 Å². The number of rotatable bonds is 0. The van der Waals surface area contributed by atoms with E-state index in [0.717, 1.165) is 0 Å². The first-order valence-electron chi connectivity index (χ1n) is 6.42. The van der Waals surface area contributed by atoms with E-state index in [-0.39, 0.29) is 5.41 Å². The van der Waals surface area contributed by atoms with Crippen molar-refractivity contribution in [1.82, 2.24) is 0 Å². The van der Waals surface area contributed by atoms with Crippen LogP contribution in [-0.2, 0) is 0 Å². The first-order valence-corrected chi connectivity index (χ1v) is 6.42. The van der Waals surface area contributed by atoms with Gasteiger partial charge in [0, 0.05) is 0 Å². The highest BCUT2D eigenvalue weighted by Crippen LogP contribution is 2.45. The standard InChI is InChI=1S/C16H28/c1-11-9-13(15(3,4)5)12(2)14(10-11)16(6,7)8/h9,14H,10H2,1-8H3. The Morgan fingerprint density at radius 2 is 1.50 bits per heavy atom. The van der Waals surface area contributed by atoms with Gasteiger partial charge in [-0.2, -0.15) is 0 Å². The summed E-state index contributed by atoms with van der Waals surface area (Å²) in [4.78, 5) is 0. The highest BCUT2D eigenvalue weighted by Gasteiger charge is 2.32. The van der Waals surface area contributed by atoms with Crippen LogP contribution in [0.4, 0.5) is 0 Å². The van der Waals surface area contributed by atoms with Gasteiger partial charge in [0.2, 0.25) is 0 Å². The Hall–Kier alpha value is -0.520. The molecular formula is C16H28. The van der Waals surface area contributed by atoms with E-state index in [9.17, 15) is 0 Å². The molecule has 0 heteroatoms. The van der Waals surface area contributed by atoms with Crippen LogP contribution in [0.1, 0.15) is 61.8 Å². The van der Waals surface area contributed by atoms with Crippen molar-refractivity contribution in [2.75, 3.05) is 0 Å². The van der Waals surface area contributed by atoms with Gasteiger partial charge in [-0.1, -0.05) is 58.8 Å². The van der Waals surface area contributed by atoms with Crippen LogP contribution >= 0.6 is 0 Å². The van der Waals surface area contributed by atoms with Crippen LogP contribution in [0.5, 0.6) is 0 Å². The molecular weight excluding hydrogens is 192 g/mol. The lowest BCUT2D eigenvalue weighted by molar-refractivity contribution is 0.268. The summed E-state index contributed by atoms with van der Waals surface area (Å²) in [5, 5.41) is 0. The predicted octanol–water partition coefficient (Wildman–Crippen LogP) is 5.36. The summed E-state index contributed by atoms with van der Waals surface area (Å²) in [5.41, 5.74) is 5.34. The molecule has 1 unspecified atom stereocenters. The zero-order valence-corrected chi connectivity index (χ0v) is 12.4. The maximum absolute atomic E-state index is 2.41. The van der Waals surface area contributed by atoms with Gasteiger partial charge in [-0.3, -0.25) is 0 Å². The normalized spacial score (nSPS) is 23.5. The van der Waals surface area contributed by atoms with E-state index in [1.54, 1.807) is 11.1 Å². The summed E-state index contributed by atoms with van der Waals surface area (Å²) in [6.07, 6.45) is 3.65. The molecule has 0 saturated carbocycles. The van der Waals surface area contributed by atoms with E-state index >= 15 is 0 Å². The summed E-state index contributed by atoms with van der Waals surface area (Å²) in [5.74, 6) is 0.701. The molecule has 0 aromatic rings. The molecule has 16 heavy (non-hydrogen) atoms. The molecule has 0 nitrogen and oxygen atoms in total. The zero-order valence-electron chi connectivity index (χ0n) is 12.4. The molecule has 0 aliphatic heterocycles. The Labute approximate surface area is 102 Å². The molecule has 1 aliphatic carbocycles. The van der Waals surface area contributed by atoms with Gasteiger partial charge in [-0.15, -0.1) is 0 Å². The first kappa shape index (κ1) is 13.5. The van der Waals surface area contributed by atoms with Crippen molar-refractivity contribution >= 4 is 0 Å². The summed E-state index contributed by atoms with van der Waals surface area (Å²) < 4.78 is 0. The van der Waals surface area contributed by atoms with E-state index < -0.39 is 0 Å². The average molecular weight is 220 g/mol. The van der Waals surface area contributed by atoms with Crippen LogP contribution in [0.25, 0.3) is 0 Å². The quantitative estimate of drug-likeness (QED) is 0.515. The Morgan fingerprint density at radius 3 is 1.88 bits per heavy atom. The smallest absolute Gasteiger partial charge is 0.0114 e. The van der Waals surface area contributed by atoms with Crippen molar-refractivity contribution in [3.05, 3.63) is 22.8 Å². The number of hydrogen-bond donors (Lipinski definition) is 0. The van der Waals surface area contributed by atoms with Crippen molar-refractivity contribution in [2.24, 2.45) is 16.7 Å². The molecule has 1 rings (SSSR count). The Kier molecular flexibility index (Phi) is 3.43. The second-order valence-electron chi connectivity index (χ2n) is 7.46. The third-order valence-electron chi connectivity index (χ3n) is 3.72. The molecule has 0 radical (unpaired) electrons. The second-order valence-corrected chi connectivity index (χ2v) is 7.46. The van der Waals surface area contributed by atoms with Gasteiger partial charge < -0.3 is 0 Å². The lowest BCUT2D eigenvalue weighted by atomic mass is 9.66. The molecule has 0 heterocycles. The largest absolute Gasteiger partial charge is 0.0724 e. The van der Waals surface area contributed by atoms with E-state index in [1.165, 1.54) is 12.0 Å². The number of hydrogen-bond acceptors (Lipinski definition) is 0. The molecule has 92 valence electrons. The predicted molar refractivity (Wildman–Crippen MR) is 73.5 cm³/mol. The monoisotopic (exact) mass is 220 g/mol. The van der Waals surface area contributed by atoms with Crippen LogP contribution in [0, 0.1) is 16.7 Å². The maximum atomic E-state index is 2.41. The fraction of sp³-hybridized carbons (Fsp3) is 0.750. The summed E-state index contributed by atoms with van der Waals surface area (Å²) in [7, 11) is 0. The van der Waals surface area contributed by atoms with Gasteiger partial charge in [0.15, 0.2) is 0 Å². The zero-order chi connectivity index (χ0) is 12.7. The van der Waals surface area contributed by atoms with Gasteiger partial charge in [0.25, 0.3) is 0 Å². The molecule has 1 atom stereocenters. The molecule has 0 fully saturated rings. The van der Waals surface area contributed by atoms with Crippen LogP contribution in [0.2, 0.25) is 0 Å². The minimum Gasteiger partial charge on any atom is -0.0724 e. The van der Waals surface area contributed by atoms with E-state index in [0.29, 0.717) is 11.3 Å². The summed E-state index contributed by atoms with van der Waals surface area (Å²) in [6, 6.07) is 0. The lowest BCUT2D eigenvalue weighted by Crippen LogP contribution is -2.27. The van der Waals surface area contributed by atoms with Crippen molar-refractivity contribution in [2.45, 2.75) is 61.8 Å². The maximum Gasteiger partial charge on any atom is -0.0114 e. The third kappa shape index (κ3) is 2.78. The Balaban J connectivity index is 3.23. The topological polar surface area (TPSA) is 0 Å². The Bertz CT molecular complexity index is 326. The SMILES string of the molecule is CC1=CC(C(C)(C)C)=C(C)C(C(C)(C)C)C1. The first-order chi connectivity index (χ1) is 7.03. The minimum atomic E-state index is 0.273. The lowest BCUT2D eigenvalue weighted by Gasteiger charge is -2.39. The minimum absolute atomic E-state index is 0.273. The second kappa shape index (κ2) is 4.05. The average Bonchev–Trinajstić information content (AvgIpc) is 2.04. The highest BCUT2D eigenvalue weighted by atomic mass is 14.4. The van der Waals surface area contributed by atoms with Crippen LogP contribution in [0.15, 0.2) is 22.8 Å². The van der Waals surface area contributed by atoms with Crippen molar-refractivity contribution < 1.29 is 0 Å². The number of allylic oxidation sites excluding steroid dienone is 4. The molecule has 0 N–H and O–H groups in total. The van der Waals surface area contributed by atoms with Crippen molar-refractivity contribution in [1.29, 1.82) is 0 Å². The molecule has 0 aromatic heterocycles. The molecule has 0 bridgehead atoms. The van der Waals surface area contributed by atoms with Gasteiger partial charge in [-0.05, 0) is 42.6 Å². The van der Waals surface area contributed by atoms with Crippen LogP contribution < -0.4 is 0 Å². The van der Waals surface area contributed by atoms with Gasteiger partial charge in [0.05, 0.1) is 0 Å². The molecule has 0 spiro atoms. The molecule has 0 aromatic carbocycles. The van der Waals surface area contributed by atoms with E-state index in [2.05, 4.69) is 61.5 Å². The molecule has 0 saturated heterocycles. The van der Waals surface area contributed by atoms with Crippen LogP contribution in [0.3, 0.4) is 0 Å². The molecule has 1 aliphatic rings. The van der Waals surface area contributed by atoms with E-state index in [1.807, 2.05) is 0 Å². The van der Waals surface area contributed by atoms with Crippen LogP contribution in [-0.4, -0.2) is 0 Å². The van der Waals surface area contributed by atoms with Gasteiger partial charge in [0.1, 0.15) is 0 Å². The summed E-state index contributed by atoms with van der Waals surface area (Å²) >= 11 is 0. The fourth-order valence-electron chi connectivity index (χ4n) is 2.85. The molecule has 0 amide bonds. The third-order valence-corrected chi connectivity index (χ3v) is 3.72. The van der Waals surface area contributed by atoms with Crippen molar-refractivity contribution in [3.8, 4) is 0 Å². The summed E-state index contributed by atoms with van der Waals surface area (Å²) in [6.45, 7) is 18.7. The van der Waals surface area contributed by atoms with Crippen molar-refractivity contribution in [3.63, 3.8) is 0 Å².